The molecular formula is C24H21N5O6S. The van der Waals surface area contributed by atoms with E-state index in [4.69, 9.17) is 0 Å². The molecular weight excluding hydrogens is 486 g/mol. The Morgan fingerprint density at radius 2 is 1.64 bits per heavy atom. The van der Waals surface area contributed by atoms with Crippen LogP contribution in [0.15, 0.2) is 71.3 Å². The Morgan fingerprint density at radius 3 is 2.25 bits per heavy atom. The van der Waals surface area contributed by atoms with Crippen molar-refractivity contribution in [3.63, 3.8) is 0 Å². The molecule has 1 saturated heterocycles. The van der Waals surface area contributed by atoms with Crippen molar-refractivity contribution >= 4 is 39.7 Å². The van der Waals surface area contributed by atoms with E-state index in [9.17, 15) is 27.6 Å². The molecule has 36 heavy (non-hydrogen) atoms. The maximum Gasteiger partial charge on any atom is 0.328 e. The molecule has 0 unspecified atom stereocenters. The van der Waals surface area contributed by atoms with E-state index in [1.54, 1.807) is 10.9 Å². The molecule has 0 atom stereocenters. The third kappa shape index (κ3) is 5.55. The van der Waals surface area contributed by atoms with Crippen LogP contribution in [0.25, 0.3) is 17.3 Å². The first-order valence-corrected chi connectivity index (χ1v) is 12.6. The Morgan fingerprint density at radius 1 is 1.00 bits per heavy atom. The fraction of sp³-hybridized carbons (Fsp3) is 0.125. The molecule has 4 rings (SSSR count). The predicted molar refractivity (Wildman–Crippen MR) is 129 cm³/mol. The SMILES string of the molecule is CS(=O)(=O)c1ccc(C(=O)NCCn2cc(C=C3C(=O)NC(=O)NC3=O)c(-c3ccccc3)n2)cc1. The minimum absolute atomic E-state index is 0.121. The molecule has 1 fully saturated rings. The van der Waals surface area contributed by atoms with Gasteiger partial charge in [-0.05, 0) is 30.3 Å². The van der Waals surface area contributed by atoms with Crippen molar-refractivity contribution in [2.45, 2.75) is 11.4 Å². The number of benzene rings is 2. The molecule has 1 aromatic heterocycles. The van der Waals surface area contributed by atoms with Gasteiger partial charge < -0.3 is 5.32 Å². The number of hydrogen-bond acceptors (Lipinski definition) is 7. The summed E-state index contributed by atoms with van der Waals surface area (Å²) in [5, 5.41) is 11.4. The lowest BCUT2D eigenvalue weighted by atomic mass is 10.0. The number of rotatable bonds is 7. The van der Waals surface area contributed by atoms with E-state index in [1.807, 2.05) is 41.0 Å². The smallest absolute Gasteiger partial charge is 0.328 e. The third-order valence-electron chi connectivity index (χ3n) is 5.25. The highest BCUT2D eigenvalue weighted by Crippen LogP contribution is 2.24. The normalized spacial score (nSPS) is 13.7. The van der Waals surface area contributed by atoms with Crippen molar-refractivity contribution in [3.8, 4) is 11.3 Å². The minimum Gasteiger partial charge on any atom is -0.350 e. The Balaban J connectivity index is 1.52. The molecule has 0 aliphatic carbocycles. The van der Waals surface area contributed by atoms with Crippen molar-refractivity contribution in [3.05, 3.63) is 77.5 Å². The molecule has 3 aromatic rings. The number of hydrogen-bond donors (Lipinski definition) is 3. The Kier molecular flexibility index (Phi) is 6.79. The second-order valence-electron chi connectivity index (χ2n) is 7.91. The fourth-order valence-electron chi connectivity index (χ4n) is 3.48. The summed E-state index contributed by atoms with van der Waals surface area (Å²) in [5.74, 6) is -2.01. The summed E-state index contributed by atoms with van der Waals surface area (Å²) in [6, 6.07) is 13.8. The van der Waals surface area contributed by atoms with Gasteiger partial charge in [0.2, 0.25) is 0 Å². The van der Waals surface area contributed by atoms with Gasteiger partial charge in [-0.2, -0.15) is 5.10 Å². The molecule has 11 nitrogen and oxygen atoms in total. The molecule has 1 aliphatic rings. The first-order valence-electron chi connectivity index (χ1n) is 10.7. The number of imide groups is 2. The average Bonchev–Trinajstić information content (AvgIpc) is 3.24. The van der Waals surface area contributed by atoms with Gasteiger partial charge in [-0.15, -0.1) is 0 Å². The summed E-state index contributed by atoms with van der Waals surface area (Å²) in [6.07, 6.45) is 4.07. The number of nitrogens with zero attached hydrogens (tertiary/aromatic N) is 2. The molecule has 0 spiro atoms. The van der Waals surface area contributed by atoms with E-state index in [0.29, 0.717) is 16.8 Å². The largest absolute Gasteiger partial charge is 0.350 e. The van der Waals surface area contributed by atoms with Crippen LogP contribution in [-0.4, -0.2) is 54.8 Å². The quantitative estimate of drug-likeness (QED) is 0.320. The Bertz CT molecular complexity index is 1470. The van der Waals surface area contributed by atoms with Crippen molar-refractivity contribution in [1.29, 1.82) is 0 Å². The van der Waals surface area contributed by atoms with Crippen LogP contribution >= 0.6 is 0 Å². The molecule has 2 heterocycles. The van der Waals surface area contributed by atoms with Crippen LogP contribution in [0, 0.1) is 0 Å². The van der Waals surface area contributed by atoms with E-state index in [0.717, 1.165) is 11.8 Å². The summed E-state index contributed by atoms with van der Waals surface area (Å²) in [7, 11) is -3.36. The van der Waals surface area contributed by atoms with Gasteiger partial charge in [0.25, 0.3) is 17.7 Å². The van der Waals surface area contributed by atoms with Gasteiger partial charge in [0.05, 0.1) is 17.1 Å². The van der Waals surface area contributed by atoms with E-state index < -0.39 is 27.7 Å². The first kappa shape index (κ1) is 24.5. The lowest BCUT2D eigenvalue weighted by molar-refractivity contribution is -0.123. The number of aromatic nitrogens is 2. The summed E-state index contributed by atoms with van der Waals surface area (Å²) < 4.78 is 24.7. The minimum atomic E-state index is -3.36. The van der Waals surface area contributed by atoms with Crippen molar-refractivity contribution in [2.24, 2.45) is 0 Å². The molecule has 0 radical (unpaired) electrons. The highest BCUT2D eigenvalue weighted by Gasteiger charge is 2.28. The van der Waals surface area contributed by atoms with Crippen LogP contribution in [0.2, 0.25) is 0 Å². The van der Waals surface area contributed by atoms with E-state index in [1.165, 1.54) is 30.3 Å². The first-order chi connectivity index (χ1) is 17.1. The van der Waals surface area contributed by atoms with Crippen LogP contribution in [0.3, 0.4) is 0 Å². The lowest BCUT2D eigenvalue weighted by Crippen LogP contribution is -2.51. The van der Waals surface area contributed by atoms with Crippen LogP contribution in [-0.2, 0) is 26.0 Å². The maximum absolute atomic E-state index is 12.4. The zero-order valence-electron chi connectivity index (χ0n) is 19.0. The van der Waals surface area contributed by atoms with Crippen LogP contribution in [0.5, 0.6) is 0 Å². The van der Waals surface area contributed by atoms with Gasteiger partial charge in [0.15, 0.2) is 9.84 Å². The molecule has 0 bridgehead atoms. The van der Waals surface area contributed by atoms with E-state index >= 15 is 0 Å². The molecule has 184 valence electrons. The van der Waals surface area contributed by atoms with Crippen LogP contribution < -0.4 is 16.0 Å². The maximum atomic E-state index is 12.4. The van der Waals surface area contributed by atoms with Gasteiger partial charge in [0, 0.05) is 35.7 Å². The van der Waals surface area contributed by atoms with Crippen LogP contribution in [0.1, 0.15) is 15.9 Å². The molecule has 12 heteroatoms. The predicted octanol–water partition coefficient (Wildman–Crippen LogP) is 1.13. The molecule has 1 aliphatic heterocycles. The highest BCUT2D eigenvalue weighted by molar-refractivity contribution is 7.90. The van der Waals surface area contributed by atoms with Crippen molar-refractivity contribution in [2.75, 3.05) is 12.8 Å². The number of amides is 5. The third-order valence-corrected chi connectivity index (χ3v) is 6.38. The number of sulfone groups is 1. The molecule has 2 aromatic carbocycles. The van der Waals surface area contributed by atoms with E-state index in [2.05, 4.69) is 10.4 Å². The topological polar surface area (TPSA) is 156 Å². The molecule has 0 saturated carbocycles. The summed E-state index contributed by atoms with van der Waals surface area (Å²) in [6.45, 7) is 0.473. The van der Waals surface area contributed by atoms with Gasteiger partial charge in [-0.25, -0.2) is 13.2 Å². The van der Waals surface area contributed by atoms with Crippen molar-refractivity contribution < 1.29 is 27.6 Å². The second kappa shape index (κ2) is 9.96. The zero-order valence-corrected chi connectivity index (χ0v) is 19.8. The second-order valence-corrected chi connectivity index (χ2v) is 9.93. The van der Waals surface area contributed by atoms with E-state index in [-0.39, 0.29) is 29.5 Å². The van der Waals surface area contributed by atoms with Gasteiger partial charge in [0.1, 0.15) is 5.57 Å². The molecule has 3 N–H and O–H groups in total. The zero-order chi connectivity index (χ0) is 25.9. The summed E-state index contributed by atoms with van der Waals surface area (Å²) >= 11 is 0. The number of nitrogens with one attached hydrogen (secondary N) is 3. The Hall–Kier alpha value is -4.58. The number of urea groups is 1. The Labute approximate surface area is 206 Å². The van der Waals surface area contributed by atoms with Gasteiger partial charge in [-0.1, -0.05) is 30.3 Å². The summed E-state index contributed by atoms with van der Waals surface area (Å²) in [4.78, 5) is 48.2. The number of carbonyl (C=O) groups is 4. The monoisotopic (exact) mass is 507 g/mol. The van der Waals surface area contributed by atoms with Crippen LogP contribution in [0.4, 0.5) is 4.79 Å². The van der Waals surface area contributed by atoms with Gasteiger partial charge in [-0.3, -0.25) is 29.7 Å². The highest BCUT2D eigenvalue weighted by atomic mass is 32.2. The molecule has 5 amide bonds. The standard InChI is InChI=1S/C24H21N5O6S/c1-36(34,35)18-9-7-16(8-10-18)21(30)25-11-12-29-14-17(20(28-29)15-5-3-2-4-6-15)13-19-22(31)26-24(33)27-23(19)32/h2-10,13-14H,11-12H2,1H3,(H,25,30)(H2,26,27,31,32,33). The number of barbiturate groups is 1. The number of carbonyl (C=O) groups excluding carboxylic acids is 4. The lowest BCUT2D eigenvalue weighted by Gasteiger charge is -2.13. The summed E-state index contributed by atoms with van der Waals surface area (Å²) in [5.41, 5.74) is 1.78. The average molecular weight is 508 g/mol. The van der Waals surface area contributed by atoms with Crippen molar-refractivity contribution in [1.82, 2.24) is 25.7 Å². The fourth-order valence-corrected chi connectivity index (χ4v) is 4.11. The van der Waals surface area contributed by atoms with Gasteiger partial charge >= 0.3 is 6.03 Å².